The summed E-state index contributed by atoms with van der Waals surface area (Å²) < 4.78 is 5.48. The Hall–Kier alpha value is -1.40. The normalized spacial score (nSPS) is 12.7. The second-order valence-corrected chi connectivity index (χ2v) is 18.9. The number of rotatable bonds is 51. The minimum atomic E-state index is -0.842. The molecule has 3 N–H and O–H groups in total. The first-order chi connectivity index (χ1) is 30.0. The van der Waals surface area contributed by atoms with Gasteiger partial charge in [-0.15, -0.1) is 0 Å². The van der Waals surface area contributed by atoms with Gasteiger partial charge in [0.25, 0.3) is 0 Å². The summed E-state index contributed by atoms with van der Waals surface area (Å²) in [6.45, 7) is 4.88. The molecule has 0 radical (unpaired) electrons. The predicted molar refractivity (Wildman–Crippen MR) is 264 cm³/mol. The van der Waals surface area contributed by atoms with Crippen molar-refractivity contribution in [2.24, 2.45) is 0 Å². The molecule has 0 saturated carbocycles. The van der Waals surface area contributed by atoms with Gasteiger partial charge in [-0.05, 0) is 32.1 Å². The number of esters is 1. The van der Waals surface area contributed by atoms with Crippen LogP contribution in [0.4, 0.5) is 0 Å². The van der Waals surface area contributed by atoms with Gasteiger partial charge in [-0.1, -0.05) is 270 Å². The van der Waals surface area contributed by atoms with Gasteiger partial charge in [0.2, 0.25) is 5.91 Å². The molecule has 0 aromatic carbocycles. The molecule has 6 nitrogen and oxygen atoms in total. The van der Waals surface area contributed by atoms with Gasteiger partial charge in [-0.25, -0.2) is 0 Å². The highest BCUT2D eigenvalue weighted by Crippen LogP contribution is 2.17. The first kappa shape index (κ1) is 59.6. The van der Waals surface area contributed by atoms with Crippen molar-refractivity contribution < 1.29 is 24.5 Å². The second-order valence-electron chi connectivity index (χ2n) is 18.9. The molecule has 0 aliphatic rings. The molecule has 0 aliphatic heterocycles. The van der Waals surface area contributed by atoms with Crippen LogP contribution in [0.25, 0.3) is 0 Å². The zero-order valence-corrected chi connectivity index (χ0v) is 41.2. The molecule has 0 aromatic rings. The molecule has 0 saturated heterocycles. The SMILES string of the molecule is CCCCCCCCC/C=C/C(O)C(CO)NC(=O)CCCCCCCCCCCCCCCCCCCCCCOC(=O)CCCCCCCCCCCCCCCCC. The summed E-state index contributed by atoms with van der Waals surface area (Å²) in [6.07, 6.45) is 59.5. The number of hydrogen-bond acceptors (Lipinski definition) is 5. The van der Waals surface area contributed by atoms with E-state index in [0.717, 1.165) is 38.5 Å². The lowest BCUT2D eigenvalue weighted by molar-refractivity contribution is -0.143. The van der Waals surface area contributed by atoms with E-state index in [2.05, 4.69) is 19.2 Å². The third-order valence-electron chi connectivity index (χ3n) is 12.8. The zero-order chi connectivity index (χ0) is 44.4. The maximum Gasteiger partial charge on any atom is 0.305 e. The van der Waals surface area contributed by atoms with E-state index >= 15 is 0 Å². The number of carbonyl (C=O) groups is 2. The number of allylic oxidation sites excluding steroid dienone is 1. The number of aliphatic hydroxyl groups is 2. The van der Waals surface area contributed by atoms with Crippen molar-refractivity contribution in [2.75, 3.05) is 13.2 Å². The molecule has 0 fully saturated rings. The summed E-state index contributed by atoms with van der Waals surface area (Å²) in [5, 5.41) is 22.9. The van der Waals surface area contributed by atoms with Crippen molar-refractivity contribution in [3.8, 4) is 0 Å². The second kappa shape index (κ2) is 51.2. The lowest BCUT2D eigenvalue weighted by Gasteiger charge is -2.20. The maximum atomic E-state index is 12.4. The van der Waals surface area contributed by atoms with Gasteiger partial charge in [-0.2, -0.15) is 0 Å². The summed E-state index contributed by atoms with van der Waals surface area (Å²) in [6, 6.07) is -0.626. The number of unbranched alkanes of at least 4 members (excludes halogenated alkanes) is 40. The Kier molecular flexibility index (Phi) is 50.1. The van der Waals surface area contributed by atoms with E-state index in [9.17, 15) is 19.8 Å². The van der Waals surface area contributed by atoms with Gasteiger partial charge in [0.05, 0.1) is 25.4 Å². The van der Waals surface area contributed by atoms with Gasteiger partial charge in [0.1, 0.15) is 0 Å². The average Bonchev–Trinajstić information content (AvgIpc) is 3.26. The molecular weight excluding hydrogens is 755 g/mol. The Morgan fingerprint density at radius 1 is 0.443 bits per heavy atom. The van der Waals surface area contributed by atoms with E-state index in [1.165, 1.54) is 238 Å². The van der Waals surface area contributed by atoms with E-state index in [1.54, 1.807) is 6.08 Å². The Morgan fingerprint density at radius 3 is 1.11 bits per heavy atom. The fraction of sp³-hybridized carbons (Fsp3) is 0.927. The third kappa shape index (κ3) is 47.9. The van der Waals surface area contributed by atoms with Crippen LogP contribution in [0.15, 0.2) is 12.2 Å². The largest absolute Gasteiger partial charge is 0.466 e. The number of hydrogen-bond donors (Lipinski definition) is 3. The first-order valence-corrected chi connectivity index (χ1v) is 27.5. The summed E-state index contributed by atoms with van der Waals surface area (Å²) in [7, 11) is 0. The summed E-state index contributed by atoms with van der Waals surface area (Å²) in [4.78, 5) is 24.4. The summed E-state index contributed by atoms with van der Waals surface area (Å²) >= 11 is 0. The predicted octanol–water partition coefficient (Wildman–Crippen LogP) is 16.5. The molecule has 61 heavy (non-hydrogen) atoms. The lowest BCUT2D eigenvalue weighted by atomic mass is 10.0. The molecule has 0 aliphatic carbocycles. The van der Waals surface area contributed by atoms with Crippen molar-refractivity contribution >= 4 is 11.9 Å². The van der Waals surface area contributed by atoms with Crippen LogP contribution in [-0.4, -0.2) is 47.4 Å². The molecule has 0 heterocycles. The summed E-state index contributed by atoms with van der Waals surface area (Å²) in [5.74, 6) is -0.0589. The van der Waals surface area contributed by atoms with E-state index in [4.69, 9.17) is 4.74 Å². The molecule has 2 unspecified atom stereocenters. The van der Waals surface area contributed by atoms with Crippen LogP contribution in [0.1, 0.15) is 303 Å². The number of ether oxygens (including phenoxy) is 1. The van der Waals surface area contributed by atoms with Gasteiger partial charge in [0.15, 0.2) is 0 Å². The van der Waals surface area contributed by atoms with Crippen molar-refractivity contribution in [2.45, 2.75) is 315 Å². The maximum absolute atomic E-state index is 12.4. The molecule has 0 rings (SSSR count). The van der Waals surface area contributed by atoms with Crippen molar-refractivity contribution in [1.82, 2.24) is 5.32 Å². The number of carbonyl (C=O) groups excluding carboxylic acids is 2. The van der Waals surface area contributed by atoms with Crippen LogP contribution in [-0.2, 0) is 14.3 Å². The lowest BCUT2D eigenvalue weighted by Crippen LogP contribution is -2.45. The number of aliphatic hydroxyl groups excluding tert-OH is 2. The fourth-order valence-electron chi connectivity index (χ4n) is 8.58. The highest BCUT2D eigenvalue weighted by molar-refractivity contribution is 5.76. The van der Waals surface area contributed by atoms with Gasteiger partial charge >= 0.3 is 5.97 Å². The van der Waals surface area contributed by atoms with Gasteiger partial charge in [-0.3, -0.25) is 9.59 Å². The zero-order valence-electron chi connectivity index (χ0n) is 41.2. The Bertz CT molecular complexity index is 909. The van der Waals surface area contributed by atoms with E-state index in [1.807, 2.05) is 6.08 Å². The summed E-state index contributed by atoms with van der Waals surface area (Å²) in [5.41, 5.74) is 0. The number of nitrogens with one attached hydrogen (secondary N) is 1. The quantitative estimate of drug-likeness (QED) is 0.0322. The topological polar surface area (TPSA) is 95.9 Å². The molecule has 0 aromatic heterocycles. The smallest absolute Gasteiger partial charge is 0.305 e. The molecule has 6 heteroatoms. The average molecular weight is 862 g/mol. The minimum Gasteiger partial charge on any atom is -0.466 e. The highest BCUT2D eigenvalue weighted by atomic mass is 16.5. The van der Waals surface area contributed by atoms with Crippen molar-refractivity contribution in [3.63, 3.8) is 0 Å². The van der Waals surface area contributed by atoms with Crippen LogP contribution < -0.4 is 5.32 Å². The van der Waals surface area contributed by atoms with Crippen molar-refractivity contribution in [3.05, 3.63) is 12.2 Å². The number of amides is 1. The molecule has 0 bridgehead atoms. The first-order valence-electron chi connectivity index (χ1n) is 27.5. The van der Waals surface area contributed by atoms with Crippen LogP contribution >= 0.6 is 0 Å². The Labute approximate surface area is 380 Å². The monoisotopic (exact) mass is 862 g/mol. The third-order valence-corrected chi connectivity index (χ3v) is 12.8. The molecule has 0 spiro atoms. The fourth-order valence-corrected chi connectivity index (χ4v) is 8.58. The minimum absolute atomic E-state index is 0.0128. The molecule has 1 amide bonds. The molecule has 362 valence electrons. The Morgan fingerprint density at radius 2 is 0.754 bits per heavy atom. The van der Waals surface area contributed by atoms with E-state index < -0.39 is 12.1 Å². The van der Waals surface area contributed by atoms with Crippen LogP contribution in [0.2, 0.25) is 0 Å². The van der Waals surface area contributed by atoms with Gasteiger partial charge < -0.3 is 20.3 Å². The van der Waals surface area contributed by atoms with Gasteiger partial charge in [0, 0.05) is 12.8 Å². The molecular formula is C55H107NO5. The highest BCUT2D eigenvalue weighted by Gasteiger charge is 2.18. The van der Waals surface area contributed by atoms with Crippen LogP contribution in [0, 0.1) is 0 Å². The Balaban J connectivity index is 3.36. The van der Waals surface area contributed by atoms with Crippen LogP contribution in [0.3, 0.4) is 0 Å². The standard InChI is InChI=1S/C55H107NO5/c1-3-5-7-9-11-13-14-15-22-26-29-33-37-41-45-49-55(60)61-50-46-42-38-34-30-27-24-21-19-17-16-18-20-23-25-28-32-36-40-44-48-54(59)56-52(51-57)53(58)47-43-39-35-31-12-10-8-6-4-2/h43,47,52-53,57-58H,3-42,44-46,48-51H2,1-2H3,(H,56,59)/b47-43+. The van der Waals surface area contributed by atoms with E-state index in [-0.39, 0.29) is 18.5 Å². The van der Waals surface area contributed by atoms with Crippen molar-refractivity contribution in [1.29, 1.82) is 0 Å². The molecule has 2 atom stereocenters. The van der Waals surface area contributed by atoms with E-state index in [0.29, 0.717) is 19.4 Å². The van der Waals surface area contributed by atoms with Crippen LogP contribution in [0.5, 0.6) is 0 Å².